The zero-order valence-electron chi connectivity index (χ0n) is 17.2. The van der Waals surface area contributed by atoms with Gasteiger partial charge < -0.3 is 14.9 Å². The summed E-state index contributed by atoms with van der Waals surface area (Å²) in [5.41, 5.74) is 1.90. The van der Waals surface area contributed by atoms with E-state index < -0.39 is 17.7 Å². The maximum absolute atomic E-state index is 13.1. The zero-order chi connectivity index (χ0) is 22.4. The summed E-state index contributed by atoms with van der Waals surface area (Å²) in [4.78, 5) is 31.7. The molecule has 1 amide bonds. The van der Waals surface area contributed by atoms with E-state index in [0.717, 1.165) is 11.3 Å². The van der Waals surface area contributed by atoms with Gasteiger partial charge in [-0.1, -0.05) is 18.2 Å². The van der Waals surface area contributed by atoms with Crippen molar-refractivity contribution in [2.45, 2.75) is 25.5 Å². The van der Waals surface area contributed by atoms with Crippen LogP contribution in [-0.2, 0) is 16.0 Å². The van der Waals surface area contributed by atoms with Crippen LogP contribution in [-0.4, -0.2) is 33.0 Å². The van der Waals surface area contributed by atoms with Gasteiger partial charge in [-0.05, 0) is 60.5 Å². The summed E-state index contributed by atoms with van der Waals surface area (Å²) in [6, 6.07) is 15.6. The number of benzene rings is 2. The number of carbonyl (C=O) groups excluding carboxylic acids is 2. The number of phenols is 1. The second-order valence-electron chi connectivity index (χ2n) is 7.90. The van der Waals surface area contributed by atoms with Crippen LogP contribution in [0.2, 0.25) is 0 Å². The van der Waals surface area contributed by atoms with Crippen molar-refractivity contribution < 1.29 is 24.5 Å². The van der Waals surface area contributed by atoms with E-state index in [2.05, 4.69) is 4.98 Å². The molecular formula is C25H20N2O5. The third kappa shape index (κ3) is 3.19. The van der Waals surface area contributed by atoms with Crippen LogP contribution in [0.5, 0.6) is 11.5 Å². The van der Waals surface area contributed by atoms with Gasteiger partial charge in [-0.2, -0.15) is 0 Å². The number of ether oxygens (including phenoxy) is 1. The van der Waals surface area contributed by atoms with Crippen LogP contribution in [0.4, 0.5) is 5.82 Å². The molecule has 1 fully saturated rings. The van der Waals surface area contributed by atoms with Gasteiger partial charge in [0.1, 0.15) is 29.2 Å². The number of rotatable bonds is 3. The Kier molecular flexibility index (Phi) is 4.66. The summed E-state index contributed by atoms with van der Waals surface area (Å²) in [7, 11) is 0. The van der Waals surface area contributed by atoms with E-state index in [1.807, 2.05) is 6.92 Å². The Morgan fingerprint density at radius 2 is 1.88 bits per heavy atom. The van der Waals surface area contributed by atoms with Gasteiger partial charge in [0.2, 0.25) is 0 Å². The van der Waals surface area contributed by atoms with E-state index in [9.17, 15) is 19.8 Å². The van der Waals surface area contributed by atoms with Crippen LogP contribution in [0.15, 0.2) is 72.4 Å². The number of aliphatic hydroxyl groups excluding tert-OH is 1. The number of pyridine rings is 1. The summed E-state index contributed by atoms with van der Waals surface area (Å²) < 4.78 is 5.72. The third-order valence-electron chi connectivity index (χ3n) is 5.72. The average Bonchev–Trinajstić information content (AvgIpc) is 3.30. The minimum absolute atomic E-state index is 0.0294. The van der Waals surface area contributed by atoms with Crippen LogP contribution >= 0.6 is 0 Å². The van der Waals surface area contributed by atoms with Gasteiger partial charge in [0.15, 0.2) is 0 Å². The summed E-state index contributed by atoms with van der Waals surface area (Å²) in [6.07, 6.45) is 2.26. The Labute approximate surface area is 184 Å². The van der Waals surface area contributed by atoms with Gasteiger partial charge >= 0.3 is 5.91 Å². The molecule has 7 nitrogen and oxygen atoms in total. The van der Waals surface area contributed by atoms with Gasteiger partial charge in [-0.25, -0.2) is 4.98 Å². The van der Waals surface area contributed by atoms with Crippen molar-refractivity contribution in [3.8, 4) is 11.5 Å². The van der Waals surface area contributed by atoms with Gasteiger partial charge in [-0.15, -0.1) is 0 Å². The molecule has 3 aromatic rings. The Morgan fingerprint density at radius 1 is 1.09 bits per heavy atom. The zero-order valence-corrected chi connectivity index (χ0v) is 17.2. The largest absolute Gasteiger partial charge is 0.508 e. The summed E-state index contributed by atoms with van der Waals surface area (Å²) in [5.74, 6) is -0.739. The number of hydrogen-bond acceptors (Lipinski definition) is 6. The van der Waals surface area contributed by atoms with Crippen molar-refractivity contribution in [1.82, 2.24) is 4.98 Å². The summed E-state index contributed by atoms with van der Waals surface area (Å²) >= 11 is 0. The molecular weight excluding hydrogens is 408 g/mol. The predicted octanol–water partition coefficient (Wildman–Crippen LogP) is 3.74. The molecule has 160 valence electrons. The number of aromatic hydroxyl groups is 1. The number of amides is 1. The summed E-state index contributed by atoms with van der Waals surface area (Å²) in [5, 5.41) is 20.9. The van der Waals surface area contributed by atoms with Crippen LogP contribution < -0.4 is 9.64 Å². The first-order chi connectivity index (χ1) is 15.4. The quantitative estimate of drug-likeness (QED) is 0.375. The molecule has 2 atom stereocenters. The van der Waals surface area contributed by atoms with E-state index in [1.54, 1.807) is 48.5 Å². The molecule has 1 saturated heterocycles. The lowest BCUT2D eigenvalue weighted by molar-refractivity contribution is -0.132. The molecule has 1 aromatic heterocycles. The molecule has 2 aliphatic rings. The topological polar surface area (TPSA) is 100.0 Å². The number of anilines is 1. The SMILES string of the molecule is CC1Cc2cc(C(O)=C3C(=O)C(=O)N(c4ccccn4)C3c3ccc(O)cc3)ccc2O1. The third-order valence-corrected chi connectivity index (χ3v) is 5.72. The molecule has 0 radical (unpaired) electrons. The van der Waals surface area contributed by atoms with Crippen LogP contribution in [0.25, 0.3) is 5.76 Å². The fraction of sp³-hybridized carbons (Fsp3) is 0.160. The molecule has 2 unspecified atom stereocenters. The van der Waals surface area contributed by atoms with Crippen molar-refractivity contribution in [2.24, 2.45) is 0 Å². The van der Waals surface area contributed by atoms with E-state index in [4.69, 9.17) is 4.74 Å². The smallest absolute Gasteiger partial charge is 0.301 e. The predicted molar refractivity (Wildman–Crippen MR) is 117 cm³/mol. The lowest BCUT2D eigenvalue weighted by Crippen LogP contribution is -2.30. The Bertz CT molecular complexity index is 1250. The lowest BCUT2D eigenvalue weighted by Gasteiger charge is -2.24. The van der Waals surface area contributed by atoms with Gasteiger partial charge in [0.25, 0.3) is 5.78 Å². The highest BCUT2D eigenvalue weighted by atomic mass is 16.5. The van der Waals surface area contributed by atoms with Crippen molar-refractivity contribution in [3.05, 3.63) is 89.1 Å². The number of carbonyl (C=O) groups is 2. The molecule has 0 spiro atoms. The van der Waals surface area contributed by atoms with E-state index in [-0.39, 0.29) is 23.2 Å². The number of ketones is 1. The molecule has 7 heteroatoms. The fourth-order valence-corrected chi connectivity index (χ4v) is 4.26. The van der Waals surface area contributed by atoms with E-state index >= 15 is 0 Å². The first kappa shape index (κ1) is 19.8. The Balaban J connectivity index is 1.69. The molecule has 0 saturated carbocycles. The van der Waals surface area contributed by atoms with Gasteiger partial charge in [0, 0.05) is 18.2 Å². The molecule has 0 bridgehead atoms. The average molecular weight is 428 g/mol. The Morgan fingerprint density at radius 3 is 2.59 bits per heavy atom. The molecule has 5 rings (SSSR count). The molecule has 2 aliphatic heterocycles. The number of nitrogens with zero attached hydrogens (tertiary/aromatic N) is 2. The number of aromatic nitrogens is 1. The standard InChI is InChI=1S/C25H20N2O5/c1-14-12-17-13-16(7-10-19(17)32-14)23(29)21-22(15-5-8-18(28)9-6-15)27(25(31)24(21)30)20-4-2-3-11-26-20/h2-11,13-14,22,28-29H,12H2,1H3. The highest BCUT2D eigenvalue weighted by Crippen LogP contribution is 2.42. The Hall–Kier alpha value is -4.13. The number of aliphatic hydroxyl groups is 1. The number of phenolic OH excluding ortho intramolecular Hbond substituents is 1. The number of fused-ring (bicyclic) bond motifs is 1. The highest BCUT2D eigenvalue weighted by molar-refractivity contribution is 6.51. The maximum atomic E-state index is 13.1. The number of Topliss-reactive ketones (excluding diaryl/α,β-unsaturated/α-hetero) is 1. The normalized spacial score (nSPS) is 21.5. The van der Waals surface area contributed by atoms with Crippen molar-refractivity contribution in [1.29, 1.82) is 0 Å². The highest BCUT2D eigenvalue weighted by Gasteiger charge is 2.47. The molecule has 2 N–H and O–H groups in total. The van der Waals surface area contributed by atoms with Crippen molar-refractivity contribution >= 4 is 23.3 Å². The maximum Gasteiger partial charge on any atom is 0.301 e. The van der Waals surface area contributed by atoms with Gasteiger partial charge in [-0.3, -0.25) is 14.5 Å². The minimum atomic E-state index is -0.895. The van der Waals surface area contributed by atoms with E-state index in [0.29, 0.717) is 23.4 Å². The summed E-state index contributed by atoms with van der Waals surface area (Å²) in [6.45, 7) is 1.96. The molecule has 3 heterocycles. The molecule has 0 aliphatic carbocycles. The van der Waals surface area contributed by atoms with Crippen molar-refractivity contribution in [2.75, 3.05) is 4.90 Å². The van der Waals surface area contributed by atoms with Crippen LogP contribution in [0.1, 0.15) is 29.7 Å². The first-order valence-corrected chi connectivity index (χ1v) is 10.2. The molecule has 32 heavy (non-hydrogen) atoms. The first-order valence-electron chi connectivity index (χ1n) is 10.2. The van der Waals surface area contributed by atoms with Crippen LogP contribution in [0, 0.1) is 0 Å². The second kappa shape index (κ2) is 7.53. The van der Waals surface area contributed by atoms with Crippen LogP contribution in [0.3, 0.4) is 0 Å². The second-order valence-corrected chi connectivity index (χ2v) is 7.90. The van der Waals surface area contributed by atoms with Gasteiger partial charge in [0.05, 0.1) is 11.6 Å². The van der Waals surface area contributed by atoms with E-state index in [1.165, 1.54) is 23.2 Å². The fourth-order valence-electron chi connectivity index (χ4n) is 4.26. The number of hydrogen-bond donors (Lipinski definition) is 2. The van der Waals surface area contributed by atoms with Crippen molar-refractivity contribution in [3.63, 3.8) is 0 Å². The monoisotopic (exact) mass is 428 g/mol. The minimum Gasteiger partial charge on any atom is -0.508 e. The lowest BCUT2D eigenvalue weighted by atomic mass is 9.94. The molecule has 2 aromatic carbocycles.